The van der Waals surface area contributed by atoms with E-state index in [9.17, 15) is 9.59 Å². The highest BCUT2D eigenvalue weighted by Gasteiger charge is 2.24. The number of hydrogen-bond acceptors (Lipinski definition) is 10. The number of carbonyl (C=O) groups is 2. The van der Waals surface area contributed by atoms with E-state index in [2.05, 4.69) is 45.8 Å². The maximum absolute atomic E-state index is 12.9. The van der Waals surface area contributed by atoms with E-state index in [-0.39, 0.29) is 12.5 Å². The Kier molecular flexibility index (Phi) is 7.07. The number of unbranched alkanes of at least 4 members (excludes halogenated alkanes) is 1. The maximum atomic E-state index is 12.9. The Morgan fingerprint density at radius 2 is 2.09 bits per heavy atom. The number of imidazole rings is 1. The van der Waals surface area contributed by atoms with E-state index in [0.717, 1.165) is 44.2 Å². The predicted octanol–water partition coefficient (Wildman–Crippen LogP) is 1.17. The first-order chi connectivity index (χ1) is 15.6. The van der Waals surface area contributed by atoms with Gasteiger partial charge in [-0.05, 0) is 6.42 Å². The zero-order valence-electron chi connectivity index (χ0n) is 17.6. The van der Waals surface area contributed by atoms with Crippen LogP contribution in [-0.4, -0.2) is 69.7 Å². The molecule has 1 aliphatic rings. The van der Waals surface area contributed by atoms with E-state index in [0.29, 0.717) is 21.9 Å². The number of nitrogens with one attached hydrogen (secondary N) is 4. The van der Waals surface area contributed by atoms with Crippen LogP contribution in [0.1, 0.15) is 41.4 Å². The largest absolute Gasteiger partial charge is 0.450 e. The van der Waals surface area contributed by atoms with Crippen LogP contribution in [0.3, 0.4) is 0 Å². The molecule has 0 spiro atoms. The van der Waals surface area contributed by atoms with Gasteiger partial charge in [-0.3, -0.25) is 10.1 Å². The first kappa shape index (κ1) is 21.9. The zero-order valence-corrected chi connectivity index (χ0v) is 18.4. The van der Waals surface area contributed by atoms with Crippen molar-refractivity contribution in [1.82, 2.24) is 40.9 Å². The molecular weight excluding hydrogens is 434 g/mol. The predicted molar refractivity (Wildman–Crippen MR) is 118 cm³/mol. The van der Waals surface area contributed by atoms with Crippen molar-refractivity contribution in [3.63, 3.8) is 0 Å². The van der Waals surface area contributed by atoms with Crippen LogP contribution in [0.15, 0.2) is 18.7 Å². The molecule has 1 atom stereocenters. The molecule has 0 aliphatic carbocycles. The van der Waals surface area contributed by atoms with Gasteiger partial charge in [0.2, 0.25) is 0 Å². The summed E-state index contributed by atoms with van der Waals surface area (Å²) in [5.74, 6) is -0.0672. The second-order valence-electron chi connectivity index (χ2n) is 7.17. The number of aromatic amines is 1. The number of thiazole rings is 1. The van der Waals surface area contributed by atoms with Gasteiger partial charge in [-0.2, -0.15) is 0 Å². The minimum absolute atomic E-state index is 0.289. The van der Waals surface area contributed by atoms with Gasteiger partial charge in [0.25, 0.3) is 5.91 Å². The van der Waals surface area contributed by atoms with Crippen molar-refractivity contribution in [1.29, 1.82) is 0 Å². The van der Waals surface area contributed by atoms with Crippen LogP contribution in [-0.2, 0) is 4.74 Å². The monoisotopic (exact) mass is 459 g/mol. The SMILES string of the molecule is CCCCOC(=O)NC(NC(=O)c1cnc(N2CCNCC2)s1)c1nc2ncncc2[nH]1. The molecule has 32 heavy (non-hydrogen) atoms. The molecule has 4 heterocycles. The maximum Gasteiger partial charge on any atom is 0.409 e. The summed E-state index contributed by atoms with van der Waals surface area (Å²) >= 11 is 1.30. The molecule has 3 aromatic rings. The van der Waals surface area contributed by atoms with E-state index in [1.807, 2.05) is 6.92 Å². The lowest BCUT2D eigenvalue weighted by Gasteiger charge is -2.26. The van der Waals surface area contributed by atoms with Gasteiger partial charge in [-0.1, -0.05) is 24.7 Å². The number of fused-ring (bicyclic) bond motifs is 1. The van der Waals surface area contributed by atoms with E-state index in [4.69, 9.17) is 4.74 Å². The lowest BCUT2D eigenvalue weighted by Crippen LogP contribution is -2.43. The molecule has 4 N–H and O–H groups in total. The highest BCUT2D eigenvalue weighted by molar-refractivity contribution is 7.17. The average molecular weight is 460 g/mol. The van der Waals surface area contributed by atoms with Gasteiger partial charge in [0, 0.05) is 26.2 Å². The van der Waals surface area contributed by atoms with Gasteiger partial charge in [-0.15, -0.1) is 0 Å². The van der Waals surface area contributed by atoms with Crippen LogP contribution in [0, 0.1) is 0 Å². The molecule has 13 heteroatoms. The van der Waals surface area contributed by atoms with Crippen LogP contribution >= 0.6 is 11.3 Å². The van der Waals surface area contributed by atoms with Crippen LogP contribution in [0.2, 0.25) is 0 Å². The molecule has 170 valence electrons. The molecule has 0 aromatic carbocycles. The third-order valence-electron chi connectivity index (χ3n) is 4.83. The van der Waals surface area contributed by atoms with E-state index >= 15 is 0 Å². The van der Waals surface area contributed by atoms with Gasteiger partial charge in [-0.25, -0.2) is 24.7 Å². The van der Waals surface area contributed by atoms with Crippen molar-refractivity contribution in [3.05, 3.63) is 29.4 Å². The van der Waals surface area contributed by atoms with E-state index < -0.39 is 12.3 Å². The Labute approximate surface area is 188 Å². The van der Waals surface area contributed by atoms with E-state index in [1.54, 1.807) is 6.20 Å². The van der Waals surface area contributed by atoms with Crippen molar-refractivity contribution in [3.8, 4) is 0 Å². The van der Waals surface area contributed by atoms with Crippen molar-refractivity contribution in [2.75, 3.05) is 37.7 Å². The molecule has 0 saturated carbocycles. The lowest BCUT2D eigenvalue weighted by atomic mass is 10.4. The number of amides is 2. The number of nitrogens with zero attached hydrogens (tertiary/aromatic N) is 5. The Morgan fingerprint density at radius 1 is 1.25 bits per heavy atom. The summed E-state index contributed by atoms with van der Waals surface area (Å²) in [6, 6.07) is 0. The Balaban J connectivity index is 1.49. The number of ether oxygens (including phenoxy) is 1. The molecule has 1 unspecified atom stereocenters. The zero-order chi connectivity index (χ0) is 22.3. The van der Waals surface area contributed by atoms with Gasteiger partial charge in [0.15, 0.2) is 22.8 Å². The van der Waals surface area contributed by atoms with Crippen molar-refractivity contribution in [2.24, 2.45) is 0 Å². The number of piperazine rings is 1. The fraction of sp³-hybridized carbons (Fsp3) is 0.474. The van der Waals surface area contributed by atoms with Crippen LogP contribution in [0.25, 0.3) is 11.2 Å². The molecule has 2 amide bonds. The van der Waals surface area contributed by atoms with Gasteiger partial charge >= 0.3 is 6.09 Å². The Hall–Kier alpha value is -3.32. The average Bonchev–Trinajstić information content (AvgIpc) is 3.47. The normalized spacial score (nSPS) is 14.8. The van der Waals surface area contributed by atoms with Gasteiger partial charge in [0.05, 0.1) is 19.0 Å². The Bertz CT molecular complexity index is 1030. The number of alkyl carbamates (subject to hydrolysis) is 1. The van der Waals surface area contributed by atoms with Crippen LogP contribution in [0.4, 0.5) is 9.93 Å². The highest BCUT2D eigenvalue weighted by atomic mass is 32.1. The number of carbonyl (C=O) groups excluding carboxylic acids is 2. The summed E-state index contributed by atoms with van der Waals surface area (Å²) in [5, 5.41) is 9.53. The molecule has 1 aliphatic heterocycles. The summed E-state index contributed by atoms with van der Waals surface area (Å²) in [4.78, 5) is 47.6. The fourth-order valence-corrected chi connectivity index (χ4v) is 4.00. The first-order valence-corrected chi connectivity index (χ1v) is 11.3. The third-order valence-corrected chi connectivity index (χ3v) is 5.88. The molecule has 12 nitrogen and oxygen atoms in total. The number of rotatable bonds is 8. The van der Waals surface area contributed by atoms with Gasteiger partial charge < -0.3 is 25.3 Å². The smallest absolute Gasteiger partial charge is 0.409 e. The minimum Gasteiger partial charge on any atom is -0.450 e. The molecule has 1 fully saturated rings. The summed E-state index contributed by atoms with van der Waals surface area (Å²) in [6.45, 7) is 5.72. The minimum atomic E-state index is -0.949. The summed E-state index contributed by atoms with van der Waals surface area (Å²) in [7, 11) is 0. The number of anilines is 1. The first-order valence-electron chi connectivity index (χ1n) is 10.5. The number of H-pyrrole nitrogens is 1. The van der Waals surface area contributed by atoms with Gasteiger partial charge in [0.1, 0.15) is 16.7 Å². The molecule has 4 rings (SSSR count). The van der Waals surface area contributed by atoms with Crippen molar-refractivity contribution >= 4 is 39.6 Å². The summed E-state index contributed by atoms with van der Waals surface area (Å²) < 4.78 is 5.19. The van der Waals surface area contributed by atoms with E-state index in [1.165, 1.54) is 23.9 Å². The van der Waals surface area contributed by atoms with Crippen LogP contribution in [0.5, 0.6) is 0 Å². The molecule has 3 aromatic heterocycles. The van der Waals surface area contributed by atoms with Crippen molar-refractivity contribution < 1.29 is 14.3 Å². The molecular formula is C19H25N9O3S. The summed E-state index contributed by atoms with van der Waals surface area (Å²) in [6.07, 6.45) is 4.54. The lowest BCUT2D eigenvalue weighted by molar-refractivity contribution is 0.0923. The quantitative estimate of drug-likeness (QED) is 0.287. The summed E-state index contributed by atoms with van der Waals surface area (Å²) in [5.41, 5.74) is 1.01. The fourth-order valence-electron chi connectivity index (χ4n) is 3.13. The third kappa shape index (κ3) is 5.29. The highest BCUT2D eigenvalue weighted by Crippen LogP contribution is 2.23. The second kappa shape index (κ2) is 10.3. The second-order valence-corrected chi connectivity index (χ2v) is 8.18. The Morgan fingerprint density at radius 3 is 2.88 bits per heavy atom. The molecule has 0 radical (unpaired) electrons. The number of aromatic nitrogens is 5. The number of hydrogen-bond donors (Lipinski definition) is 4. The van der Waals surface area contributed by atoms with Crippen LogP contribution < -0.4 is 20.9 Å². The molecule has 0 bridgehead atoms. The molecule has 1 saturated heterocycles. The topological polar surface area (TPSA) is 150 Å². The standard InChI is InChI=1S/C19H25N9O3S/c1-2-3-8-31-19(30)27-16(15-24-12-9-21-11-23-14(12)25-15)26-17(29)13-10-22-18(32-13)28-6-4-20-5-7-28/h9-11,16,20H,2-8H2,1H3,(H,26,29)(H,27,30)(H,21,23,24,25). The van der Waals surface area contributed by atoms with Crippen molar-refractivity contribution in [2.45, 2.75) is 25.9 Å².